The van der Waals surface area contributed by atoms with E-state index in [9.17, 15) is 9.18 Å². The Hall–Kier alpha value is -2.60. The largest absolute Gasteiger partial charge is 0.490 e. The van der Waals surface area contributed by atoms with E-state index in [0.29, 0.717) is 19.8 Å². The average Bonchev–Trinajstić information content (AvgIpc) is 2.65. The van der Waals surface area contributed by atoms with Crippen LogP contribution in [-0.2, 0) is 17.8 Å². The molecule has 1 heterocycles. The van der Waals surface area contributed by atoms with Crippen molar-refractivity contribution >= 4 is 11.6 Å². The number of amides is 1. The predicted octanol–water partition coefficient (Wildman–Crippen LogP) is 2.51. The highest BCUT2D eigenvalue weighted by Crippen LogP contribution is 2.32. The fraction of sp³-hybridized carbons (Fsp3) is 0.409. The molecule has 28 heavy (non-hydrogen) atoms. The van der Waals surface area contributed by atoms with E-state index >= 15 is 0 Å². The van der Waals surface area contributed by atoms with Crippen molar-refractivity contribution in [3.8, 4) is 11.5 Å². The Morgan fingerprint density at radius 2 is 1.79 bits per heavy atom. The van der Waals surface area contributed by atoms with Crippen molar-refractivity contribution in [2.75, 3.05) is 31.6 Å². The SMILES string of the molecule is CCOc1cc2c(cc1OCC)C[NH+](CC(=O)Nc1ccc(C)cc1F)CC2. The maximum atomic E-state index is 14.0. The fourth-order valence-corrected chi connectivity index (χ4v) is 3.54. The van der Waals surface area contributed by atoms with E-state index in [1.807, 2.05) is 26.8 Å². The van der Waals surface area contributed by atoms with Crippen molar-refractivity contribution in [3.63, 3.8) is 0 Å². The van der Waals surface area contributed by atoms with Gasteiger partial charge in [-0.05, 0) is 56.2 Å². The van der Waals surface area contributed by atoms with Crippen LogP contribution in [0, 0.1) is 12.7 Å². The van der Waals surface area contributed by atoms with Crippen LogP contribution in [0.25, 0.3) is 0 Å². The third-order valence-corrected chi connectivity index (χ3v) is 4.86. The number of carbonyl (C=O) groups excluding carboxylic acids is 1. The van der Waals surface area contributed by atoms with Crippen LogP contribution in [-0.4, -0.2) is 32.2 Å². The molecular formula is C22H28FN2O3+. The molecule has 2 aromatic carbocycles. The van der Waals surface area contributed by atoms with Gasteiger partial charge in [0.25, 0.3) is 5.91 Å². The lowest BCUT2D eigenvalue weighted by molar-refractivity contribution is -0.907. The van der Waals surface area contributed by atoms with Gasteiger partial charge in [-0.2, -0.15) is 0 Å². The number of halogens is 1. The van der Waals surface area contributed by atoms with Crippen LogP contribution in [0.1, 0.15) is 30.5 Å². The first kappa shape index (κ1) is 20.1. The Bertz CT molecular complexity index is 854. The molecule has 5 nitrogen and oxygen atoms in total. The summed E-state index contributed by atoms with van der Waals surface area (Å²) >= 11 is 0. The third-order valence-electron chi connectivity index (χ3n) is 4.86. The summed E-state index contributed by atoms with van der Waals surface area (Å²) in [7, 11) is 0. The van der Waals surface area contributed by atoms with E-state index in [1.54, 1.807) is 12.1 Å². The van der Waals surface area contributed by atoms with E-state index in [1.165, 1.54) is 17.2 Å². The number of fused-ring (bicyclic) bond motifs is 1. The quantitative estimate of drug-likeness (QED) is 0.768. The molecule has 0 saturated heterocycles. The predicted molar refractivity (Wildman–Crippen MR) is 107 cm³/mol. The first-order valence-corrected chi connectivity index (χ1v) is 9.81. The maximum Gasteiger partial charge on any atom is 0.279 e. The smallest absolute Gasteiger partial charge is 0.279 e. The van der Waals surface area contributed by atoms with Crippen LogP contribution >= 0.6 is 0 Å². The lowest BCUT2D eigenvalue weighted by atomic mass is 9.98. The zero-order valence-electron chi connectivity index (χ0n) is 16.7. The molecule has 1 unspecified atom stereocenters. The second-order valence-corrected chi connectivity index (χ2v) is 7.07. The van der Waals surface area contributed by atoms with Gasteiger partial charge in [-0.1, -0.05) is 6.07 Å². The molecule has 0 saturated carbocycles. The van der Waals surface area contributed by atoms with Gasteiger partial charge in [0.15, 0.2) is 18.0 Å². The van der Waals surface area contributed by atoms with Crippen LogP contribution in [0.3, 0.4) is 0 Å². The third kappa shape index (κ3) is 4.81. The zero-order valence-corrected chi connectivity index (χ0v) is 16.7. The molecule has 1 atom stereocenters. The number of anilines is 1. The zero-order chi connectivity index (χ0) is 20.1. The molecule has 6 heteroatoms. The number of benzene rings is 2. The van der Waals surface area contributed by atoms with Gasteiger partial charge in [-0.25, -0.2) is 4.39 Å². The number of carbonyl (C=O) groups is 1. The molecule has 0 aromatic heterocycles. The summed E-state index contributed by atoms with van der Waals surface area (Å²) in [6.45, 7) is 8.74. The van der Waals surface area contributed by atoms with E-state index in [0.717, 1.165) is 41.5 Å². The summed E-state index contributed by atoms with van der Waals surface area (Å²) < 4.78 is 25.4. The van der Waals surface area contributed by atoms with E-state index in [-0.39, 0.29) is 11.6 Å². The lowest BCUT2D eigenvalue weighted by Crippen LogP contribution is -3.12. The average molecular weight is 387 g/mol. The first-order chi connectivity index (χ1) is 13.5. The van der Waals surface area contributed by atoms with Gasteiger partial charge in [0.1, 0.15) is 12.4 Å². The summed E-state index contributed by atoms with van der Waals surface area (Å²) in [6.07, 6.45) is 0.864. The van der Waals surface area contributed by atoms with Gasteiger partial charge in [0.2, 0.25) is 0 Å². The van der Waals surface area contributed by atoms with Crippen LogP contribution in [0.2, 0.25) is 0 Å². The van der Waals surface area contributed by atoms with Crippen molar-refractivity contribution in [1.82, 2.24) is 0 Å². The molecule has 1 aliphatic rings. The summed E-state index contributed by atoms with van der Waals surface area (Å²) in [5, 5.41) is 2.69. The summed E-state index contributed by atoms with van der Waals surface area (Å²) in [4.78, 5) is 13.5. The highest BCUT2D eigenvalue weighted by atomic mass is 19.1. The van der Waals surface area contributed by atoms with Crippen LogP contribution in [0.5, 0.6) is 11.5 Å². The molecule has 0 spiro atoms. The van der Waals surface area contributed by atoms with Gasteiger partial charge in [-0.15, -0.1) is 0 Å². The second-order valence-electron chi connectivity index (χ2n) is 7.07. The van der Waals surface area contributed by atoms with Crippen molar-refractivity contribution in [2.24, 2.45) is 0 Å². The number of hydrogen-bond donors (Lipinski definition) is 2. The minimum Gasteiger partial charge on any atom is -0.490 e. The van der Waals surface area contributed by atoms with Gasteiger partial charge in [0, 0.05) is 12.0 Å². The Balaban J connectivity index is 1.67. The van der Waals surface area contributed by atoms with Crippen molar-refractivity contribution in [2.45, 2.75) is 33.7 Å². The minimum absolute atomic E-state index is 0.183. The Morgan fingerprint density at radius 3 is 2.43 bits per heavy atom. The summed E-state index contributed by atoms with van der Waals surface area (Å²) in [5.41, 5.74) is 3.46. The molecule has 0 aliphatic carbocycles. The lowest BCUT2D eigenvalue weighted by Gasteiger charge is -2.26. The first-order valence-electron chi connectivity index (χ1n) is 9.81. The fourth-order valence-electron chi connectivity index (χ4n) is 3.54. The second kappa shape index (κ2) is 9.06. The van der Waals surface area contributed by atoms with Crippen molar-refractivity contribution in [1.29, 1.82) is 0 Å². The number of nitrogens with one attached hydrogen (secondary N) is 2. The molecule has 1 aliphatic heterocycles. The van der Waals surface area contributed by atoms with Crippen LogP contribution in [0.4, 0.5) is 10.1 Å². The van der Waals surface area contributed by atoms with Crippen LogP contribution in [0.15, 0.2) is 30.3 Å². The number of ether oxygens (including phenoxy) is 2. The highest BCUT2D eigenvalue weighted by molar-refractivity contribution is 5.91. The topological polar surface area (TPSA) is 52.0 Å². The standard InChI is InChI=1S/C22H27FN2O3/c1-4-27-20-11-16-8-9-25(13-17(16)12-21(20)28-5-2)14-22(26)24-19-7-6-15(3)10-18(19)23/h6-7,10-12H,4-5,8-9,13-14H2,1-3H3,(H,24,26)/p+1. The van der Waals surface area contributed by atoms with Crippen LogP contribution < -0.4 is 19.7 Å². The molecule has 0 fully saturated rings. The monoisotopic (exact) mass is 387 g/mol. The molecule has 0 radical (unpaired) electrons. The number of hydrogen-bond acceptors (Lipinski definition) is 3. The van der Waals surface area contributed by atoms with Gasteiger partial charge < -0.3 is 19.7 Å². The summed E-state index contributed by atoms with van der Waals surface area (Å²) in [5.74, 6) is 0.934. The number of quaternary nitrogens is 1. The van der Waals surface area contributed by atoms with E-state index in [4.69, 9.17) is 9.47 Å². The number of rotatable bonds is 7. The Morgan fingerprint density at radius 1 is 1.11 bits per heavy atom. The number of aryl methyl sites for hydroxylation is 1. The molecule has 1 amide bonds. The van der Waals surface area contributed by atoms with Crippen molar-refractivity contribution < 1.29 is 23.6 Å². The highest BCUT2D eigenvalue weighted by Gasteiger charge is 2.24. The Labute approximate surface area is 165 Å². The molecular weight excluding hydrogens is 359 g/mol. The van der Waals surface area contributed by atoms with Gasteiger partial charge in [0.05, 0.1) is 25.4 Å². The molecule has 150 valence electrons. The van der Waals surface area contributed by atoms with E-state index < -0.39 is 5.82 Å². The van der Waals surface area contributed by atoms with Gasteiger partial charge >= 0.3 is 0 Å². The van der Waals surface area contributed by atoms with E-state index in [2.05, 4.69) is 11.4 Å². The molecule has 2 N–H and O–H groups in total. The van der Waals surface area contributed by atoms with Gasteiger partial charge in [-0.3, -0.25) is 4.79 Å². The molecule has 0 bridgehead atoms. The summed E-state index contributed by atoms with van der Waals surface area (Å²) in [6, 6.07) is 8.90. The normalized spacial score (nSPS) is 15.6. The minimum atomic E-state index is -0.405. The molecule has 2 aromatic rings. The van der Waals surface area contributed by atoms with Crippen molar-refractivity contribution in [3.05, 3.63) is 52.8 Å². The molecule has 3 rings (SSSR count). The maximum absolute atomic E-state index is 14.0. The Kier molecular flexibility index (Phi) is 6.52.